The Balaban J connectivity index is 1.71. The summed E-state index contributed by atoms with van der Waals surface area (Å²) in [6.45, 7) is -0.453. The number of benzene rings is 3. The van der Waals surface area contributed by atoms with Crippen LogP contribution in [0.2, 0.25) is 0 Å². The van der Waals surface area contributed by atoms with Crippen molar-refractivity contribution in [2.24, 2.45) is 0 Å². The van der Waals surface area contributed by atoms with E-state index in [2.05, 4.69) is 0 Å². The molecule has 0 aliphatic heterocycles. The van der Waals surface area contributed by atoms with Crippen LogP contribution in [0.25, 0.3) is 0 Å². The summed E-state index contributed by atoms with van der Waals surface area (Å²) >= 11 is 0. The summed E-state index contributed by atoms with van der Waals surface area (Å²) in [5.74, 6) is 0.161. The molecule has 166 valence electrons. The summed E-state index contributed by atoms with van der Waals surface area (Å²) in [5.41, 5.74) is 1.97. The number of para-hydroxylation sites is 2. The first-order chi connectivity index (χ1) is 15.6. The molecule has 0 atom stereocenters. The Hall–Kier alpha value is -4.00. The Labute approximate surface area is 187 Å². The van der Waals surface area contributed by atoms with Gasteiger partial charge in [0.2, 0.25) is 11.5 Å². The second-order valence-electron chi connectivity index (χ2n) is 6.76. The number of esters is 1. The molecule has 3 aromatic carbocycles. The van der Waals surface area contributed by atoms with E-state index in [9.17, 15) is 9.59 Å². The molecule has 0 aliphatic carbocycles. The summed E-state index contributed by atoms with van der Waals surface area (Å²) in [4.78, 5) is 27.1. The first-order valence-electron chi connectivity index (χ1n) is 9.93. The van der Waals surface area contributed by atoms with E-state index in [1.54, 1.807) is 0 Å². The van der Waals surface area contributed by atoms with E-state index in [1.165, 1.54) is 33.5 Å². The summed E-state index contributed by atoms with van der Waals surface area (Å²) in [7, 11) is 4.41. The van der Waals surface area contributed by atoms with E-state index in [4.69, 9.17) is 18.9 Å². The number of rotatable bonds is 10. The molecule has 0 amide bonds. The van der Waals surface area contributed by atoms with Crippen molar-refractivity contribution in [3.05, 3.63) is 78.4 Å². The Bertz CT molecular complexity index is 988. The Morgan fingerprint density at radius 2 is 1.25 bits per heavy atom. The average molecular weight is 435 g/mol. The molecule has 0 spiro atoms. The van der Waals surface area contributed by atoms with Crippen LogP contribution in [-0.4, -0.2) is 46.2 Å². The number of nitrogens with zero attached hydrogens (tertiary/aromatic N) is 1. The number of Topliss-reactive ketones (excluding diaryl/α,β-unsaturated/α-hetero) is 1. The third kappa shape index (κ3) is 5.37. The molecule has 0 unspecified atom stereocenters. The van der Waals surface area contributed by atoms with Gasteiger partial charge >= 0.3 is 5.97 Å². The van der Waals surface area contributed by atoms with Crippen LogP contribution in [0.5, 0.6) is 17.2 Å². The molecular weight excluding hydrogens is 410 g/mol. The van der Waals surface area contributed by atoms with Crippen molar-refractivity contribution >= 4 is 23.1 Å². The fourth-order valence-corrected chi connectivity index (χ4v) is 3.19. The third-order valence-corrected chi connectivity index (χ3v) is 4.77. The Morgan fingerprint density at radius 1 is 0.750 bits per heavy atom. The number of methoxy groups -OCH3 is 3. The van der Waals surface area contributed by atoms with E-state index in [1.807, 2.05) is 65.6 Å². The maximum absolute atomic E-state index is 12.7. The van der Waals surface area contributed by atoms with Gasteiger partial charge in [-0.15, -0.1) is 0 Å². The predicted molar refractivity (Wildman–Crippen MR) is 121 cm³/mol. The van der Waals surface area contributed by atoms with Crippen LogP contribution in [0.15, 0.2) is 72.8 Å². The maximum Gasteiger partial charge on any atom is 0.326 e. The monoisotopic (exact) mass is 435 g/mol. The molecule has 7 heteroatoms. The molecule has 0 saturated heterocycles. The number of hydrogen-bond donors (Lipinski definition) is 0. The van der Waals surface area contributed by atoms with E-state index in [0.717, 1.165) is 11.4 Å². The number of hydrogen-bond acceptors (Lipinski definition) is 7. The molecule has 7 nitrogen and oxygen atoms in total. The lowest BCUT2D eigenvalue weighted by atomic mass is 10.1. The van der Waals surface area contributed by atoms with E-state index in [-0.39, 0.29) is 17.9 Å². The topological polar surface area (TPSA) is 74.3 Å². The minimum atomic E-state index is -0.529. The van der Waals surface area contributed by atoms with Gasteiger partial charge in [-0.3, -0.25) is 9.59 Å². The van der Waals surface area contributed by atoms with Crippen molar-refractivity contribution in [3.63, 3.8) is 0 Å². The number of ether oxygens (including phenoxy) is 4. The fraction of sp³-hybridized carbons (Fsp3) is 0.200. The molecule has 3 aromatic rings. The molecule has 0 aliphatic rings. The highest BCUT2D eigenvalue weighted by atomic mass is 16.5. The Morgan fingerprint density at radius 3 is 1.69 bits per heavy atom. The second-order valence-corrected chi connectivity index (χ2v) is 6.76. The van der Waals surface area contributed by atoms with Gasteiger partial charge in [0.05, 0.1) is 21.3 Å². The normalized spacial score (nSPS) is 10.2. The summed E-state index contributed by atoms with van der Waals surface area (Å²) < 4.78 is 21.1. The molecule has 0 aromatic heterocycles. The molecule has 0 radical (unpaired) electrons. The number of carbonyl (C=O) groups excluding carboxylic acids is 2. The van der Waals surface area contributed by atoms with Gasteiger partial charge in [-0.2, -0.15) is 0 Å². The number of carbonyl (C=O) groups is 2. The minimum absolute atomic E-state index is 0.0451. The van der Waals surface area contributed by atoms with Crippen LogP contribution in [0.4, 0.5) is 11.4 Å². The van der Waals surface area contributed by atoms with E-state index >= 15 is 0 Å². The van der Waals surface area contributed by atoms with Gasteiger partial charge in [-0.05, 0) is 36.4 Å². The predicted octanol–water partition coefficient (Wildman–Crippen LogP) is 4.28. The summed E-state index contributed by atoms with van der Waals surface area (Å²) in [6.07, 6.45) is 0. The maximum atomic E-state index is 12.7. The zero-order valence-electron chi connectivity index (χ0n) is 18.2. The first-order valence-corrected chi connectivity index (χ1v) is 9.93. The van der Waals surface area contributed by atoms with Crippen molar-refractivity contribution in [1.29, 1.82) is 0 Å². The lowest BCUT2D eigenvalue weighted by molar-refractivity contribution is -0.140. The zero-order valence-corrected chi connectivity index (χ0v) is 18.2. The number of anilines is 2. The van der Waals surface area contributed by atoms with E-state index in [0.29, 0.717) is 17.2 Å². The van der Waals surface area contributed by atoms with Gasteiger partial charge in [0.1, 0.15) is 6.54 Å². The van der Waals surface area contributed by atoms with E-state index < -0.39 is 12.6 Å². The molecular formula is C25H25NO6. The quantitative estimate of drug-likeness (QED) is 0.348. The molecule has 0 fully saturated rings. The number of ketones is 1. The molecule has 0 N–H and O–H groups in total. The van der Waals surface area contributed by atoms with Gasteiger partial charge in [-0.25, -0.2) is 0 Å². The summed E-state index contributed by atoms with van der Waals surface area (Å²) in [5, 5.41) is 0. The third-order valence-electron chi connectivity index (χ3n) is 4.77. The second kappa shape index (κ2) is 10.9. The first kappa shape index (κ1) is 22.7. The zero-order chi connectivity index (χ0) is 22.9. The molecule has 0 saturated carbocycles. The highest BCUT2D eigenvalue weighted by molar-refractivity contribution is 5.99. The molecule has 0 bridgehead atoms. The fourth-order valence-electron chi connectivity index (χ4n) is 3.19. The Kier molecular flexibility index (Phi) is 7.70. The largest absolute Gasteiger partial charge is 0.493 e. The lowest BCUT2D eigenvalue weighted by Gasteiger charge is -2.24. The van der Waals surface area contributed by atoms with Gasteiger partial charge in [0.15, 0.2) is 18.1 Å². The van der Waals surface area contributed by atoms with Crippen molar-refractivity contribution < 1.29 is 28.5 Å². The van der Waals surface area contributed by atoms with Gasteiger partial charge in [-0.1, -0.05) is 36.4 Å². The van der Waals surface area contributed by atoms with Crippen LogP contribution in [0.1, 0.15) is 10.4 Å². The van der Waals surface area contributed by atoms with Crippen LogP contribution in [0, 0.1) is 0 Å². The molecule has 3 rings (SSSR count). The van der Waals surface area contributed by atoms with Crippen LogP contribution < -0.4 is 19.1 Å². The minimum Gasteiger partial charge on any atom is -0.493 e. The smallest absolute Gasteiger partial charge is 0.326 e. The van der Waals surface area contributed by atoms with Crippen molar-refractivity contribution in [3.8, 4) is 17.2 Å². The van der Waals surface area contributed by atoms with Gasteiger partial charge in [0.25, 0.3) is 0 Å². The van der Waals surface area contributed by atoms with Crippen molar-refractivity contribution in [1.82, 2.24) is 0 Å². The van der Waals surface area contributed by atoms with Crippen LogP contribution in [0.3, 0.4) is 0 Å². The molecule has 0 heterocycles. The molecule has 32 heavy (non-hydrogen) atoms. The highest BCUT2D eigenvalue weighted by Gasteiger charge is 2.19. The van der Waals surface area contributed by atoms with Crippen LogP contribution in [-0.2, 0) is 9.53 Å². The highest BCUT2D eigenvalue weighted by Crippen LogP contribution is 2.38. The average Bonchev–Trinajstić information content (AvgIpc) is 2.85. The van der Waals surface area contributed by atoms with Crippen molar-refractivity contribution in [2.45, 2.75) is 0 Å². The van der Waals surface area contributed by atoms with Gasteiger partial charge < -0.3 is 23.8 Å². The lowest BCUT2D eigenvalue weighted by Crippen LogP contribution is -2.28. The summed E-state index contributed by atoms with van der Waals surface area (Å²) in [6, 6.07) is 22.0. The SMILES string of the molecule is COc1cc(C(=O)COC(=O)CN(c2ccccc2)c2ccccc2)cc(OC)c1OC. The van der Waals surface area contributed by atoms with Crippen molar-refractivity contribution in [2.75, 3.05) is 39.4 Å². The van der Waals surface area contributed by atoms with Crippen LogP contribution >= 0.6 is 0 Å². The van der Waals surface area contributed by atoms with Gasteiger partial charge in [0, 0.05) is 16.9 Å². The standard InChI is InChI=1S/C25H25NO6/c1-29-22-14-18(15-23(30-2)25(22)31-3)21(27)17-32-24(28)16-26(19-10-6-4-7-11-19)20-12-8-5-9-13-20/h4-15H,16-17H2,1-3H3.